The number of nitrogens with one attached hydrogen (secondary N) is 2. The maximum Gasteiger partial charge on any atom is 0.261 e. The van der Waals surface area contributed by atoms with Gasteiger partial charge in [0.25, 0.3) is 11.1 Å². The summed E-state index contributed by atoms with van der Waals surface area (Å²) in [4.78, 5) is 39.7. The molecule has 2 N–H and O–H groups in total. The number of fused-ring (bicyclic) bond motifs is 2. The van der Waals surface area contributed by atoms with Gasteiger partial charge in [-0.1, -0.05) is 52.8 Å². The molecule has 0 saturated carbocycles. The maximum absolute atomic E-state index is 15.4. The Kier molecular flexibility index (Phi) is 5.68. The van der Waals surface area contributed by atoms with Crippen molar-refractivity contribution in [2.75, 3.05) is 0 Å². The number of nitrogens with zero attached hydrogens (tertiary/aromatic N) is 2. The van der Waals surface area contributed by atoms with Crippen molar-refractivity contribution in [1.29, 1.82) is 0 Å². The zero-order valence-corrected chi connectivity index (χ0v) is 19.7. The lowest BCUT2D eigenvalue weighted by Gasteiger charge is -2.24. The third kappa shape index (κ3) is 5.02. The van der Waals surface area contributed by atoms with Crippen LogP contribution in [0.3, 0.4) is 0 Å². The average Bonchev–Trinajstić information content (AvgIpc) is 2.68. The van der Waals surface area contributed by atoms with Crippen LogP contribution >= 0.6 is 0 Å². The van der Waals surface area contributed by atoms with Gasteiger partial charge in [0.15, 0.2) is 0 Å². The van der Waals surface area contributed by atoms with Crippen LogP contribution in [0.5, 0.6) is 0 Å². The predicted molar refractivity (Wildman–Crippen MR) is 129 cm³/mol. The molecular weight excluding hydrogens is 419 g/mol. The fourth-order valence-corrected chi connectivity index (χ4v) is 4.26. The Morgan fingerprint density at radius 3 is 2.15 bits per heavy atom. The van der Waals surface area contributed by atoms with Gasteiger partial charge in [-0.05, 0) is 41.0 Å². The van der Waals surface area contributed by atoms with Crippen LogP contribution in [-0.2, 0) is 19.3 Å². The molecule has 0 radical (unpaired) electrons. The number of halogens is 1. The summed E-state index contributed by atoms with van der Waals surface area (Å²) in [6, 6.07) is 10.6. The number of aromatic amines is 2. The lowest BCUT2D eigenvalue weighted by Crippen LogP contribution is -2.24. The van der Waals surface area contributed by atoms with Crippen LogP contribution in [0.25, 0.3) is 21.8 Å². The number of hydrogen-bond acceptors (Lipinski definition) is 4. The molecule has 0 unspecified atom stereocenters. The number of benzene rings is 2. The summed E-state index contributed by atoms with van der Waals surface area (Å²) in [6.07, 6.45) is 1.41. The highest BCUT2D eigenvalue weighted by Crippen LogP contribution is 2.29. The summed E-state index contributed by atoms with van der Waals surface area (Å²) in [7, 11) is 0. The molecule has 7 heteroatoms. The smallest absolute Gasteiger partial charge is 0.261 e. The van der Waals surface area contributed by atoms with Crippen LogP contribution in [-0.4, -0.2) is 19.9 Å². The second-order valence-corrected chi connectivity index (χ2v) is 10.7. The van der Waals surface area contributed by atoms with Gasteiger partial charge in [-0.15, -0.1) is 0 Å². The first-order chi connectivity index (χ1) is 15.4. The number of rotatable bonds is 5. The van der Waals surface area contributed by atoms with E-state index < -0.39 is 16.8 Å². The van der Waals surface area contributed by atoms with E-state index in [-0.39, 0.29) is 16.4 Å². The van der Waals surface area contributed by atoms with Gasteiger partial charge in [-0.3, -0.25) is 9.59 Å². The van der Waals surface area contributed by atoms with Gasteiger partial charge in [0.2, 0.25) is 0 Å². The topological polar surface area (TPSA) is 91.5 Å². The van der Waals surface area contributed by atoms with E-state index in [4.69, 9.17) is 0 Å². The SMILES string of the molecule is CC(C)(C)Cc1nc2ccc(CC(C)(C)Cc3nc4ccccc4c(=O)[nH]3)c(F)c2c(=O)[nH]1. The van der Waals surface area contributed by atoms with Crippen LogP contribution < -0.4 is 11.1 Å². The molecule has 0 aliphatic carbocycles. The highest BCUT2D eigenvalue weighted by molar-refractivity contribution is 5.79. The van der Waals surface area contributed by atoms with E-state index in [9.17, 15) is 9.59 Å². The molecule has 4 aromatic rings. The second kappa shape index (κ2) is 8.21. The molecule has 6 nitrogen and oxygen atoms in total. The van der Waals surface area contributed by atoms with Gasteiger partial charge in [-0.25, -0.2) is 14.4 Å². The van der Waals surface area contributed by atoms with E-state index >= 15 is 4.39 Å². The number of para-hydroxylation sites is 1. The van der Waals surface area contributed by atoms with Gasteiger partial charge in [0, 0.05) is 12.8 Å². The average molecular weight is 449 g/mol. The number of aromatic nitrogens is 4. The minimum Gasteiger partial charge on any atom is -0.310 e. The molecule has 0 aliphatic heterocycles. The Balaban J connectivity index is 1.64. The summed E-state index contributed by atoms with van der Waals surface area (Å²) in [5.74, 6) is 0.562. The second-order valence-electron chi connectivity index (χ2n) is 10.7. The van der Waals surface area contributed by atoms with E-state index in [1.54, 1.807) is 30.3 Å². The van der Waals surface area contributed by atoms with Gasteiger partial charge < -0.3 is 9.97 Å². The van der Waals surface area contributed by atoms with E-state index in [1.165, 1.54) is 0 Å². The first-order valence-electron chi connectivity index (χ1n) is 11.1. The highest BCUT2D eigenvalue weighted by Gasteiger charge is 2.24. The van der Waals surface area contributed by atoms with Gasteiger partial charge in [-0.2, -0.15) is 0 Å². The van der Waals surface area contributed by atoms with Crippen molar-refractivity contribution in [3.63, 3.8) is 0 Å². The van der Waals surface area contributed by atoms with Crippen molar-refractivity contribution in [2.45, 2.75) is 53.9 Å². The minimum absolute atomic E-state index is 0.0156. The fourth-order valence-electron chi connectivity index (χ4n) is 4.26. The van der Waals surface area contributed by atoms with Crippen LogP contribution in [0.15, 0.2) is 46.0 Å². The van der Waals surface area contributed by atoms with Crippen LogP contribution in [0.4, 0.5) is 4.39 Å². The molecule has 0 saturated heterocycles. The zero-order valence-electron chi connectivity index (χ0n) is 19.7. The lowest BCUT2D eigenvalue weighted by atomic mass is 9.82. The first kappa shape index (κ1) is 22.8. The van der Waals surface area contributed by atoms with Crippen molar-refractivity contribution in [3.05, 3.63) is 80.1 Å². The Morgan fingerprint density at radius 2 is 1.42 bits per heavy atom. The van der Waals surface area contributed by atoms with Crippen LogP contribution in [0.1, 0.15) is 51.8 Å². The molecule has 172 valence electrons. The van der Waals surface area contributed by atoms with Crippen molar-refractivity contribution in [1.82, 2.24) is 19.9 Å². The highest BCUT2D eigenvalue weighted by atomic mass is 19.1. The van der Waals surface area contributed by atoms with Crippen molar-refractivity contribution < 1.29 is 4.39 Å². The Bertz CT molecular complexity index is 1460. The summed E-state index contributed by atoms with van der Waals surface area (Å²) in [5.41, 5.74) is 0.309. The molecule has 0 amide bonds. The monoisotopic (exact) mass is 448 g/mol. The standard InChI is InChI=1S/C26H29FN4O2/c1-25(2,3)13-19-29-18-11-10-15(22(27)21(18)24(33)31-19)12-26(4,5)14-20-28-17-9-7-6-8-16(17)23(32)30-20/h6-11H,12-14H2,1-5H3,(H,28,30,32)(H,29,31,33). The molecule has 0 atom stereocenters. The Labute approximate surface area is 191 Å². The van der Waals surface area contributed by atoms with Crippen molar-refractivity contribution in [2.24, 2.45) is 10.8 Å². The van der Waals surface area contributed by atoms with Gasteiger partial charge in [0.1, 0.15) is 22.9 Å². The molecule has 4 rings (SSSR count). The Morgan fingerprint density at radius 1 is 0.788 bits per heavy atom. The van der Waals surface area contributed by atoms with Gasteiger partial charge in [0.05, 0.1) is 16.4 Å². The molecule has 0 bridgehead atoms. The molecule has 0 aliphatic rings. The molecule has 2 heterocycles. The minimum atomic E-state index is -0.545. The van der Waals surface area contributed by atoms with E-state index in [1.807, 2.05) is 19.9 Å². The molecule has 0 spiro atoms. The van der Waals surface area contributed by atoms with Crippen molar-refractivity contribution in [3.8, 4) is 0 Å². The fraction of sp³-hybridized carbons (Fsp3) is 0.385. The molecule has 2 aromatic carbocycles. The molecule has 2 aromatic heterocycles. The number of H-pyrrole nitrogens is 2. The van der Waals surface area contributed by atoms with Gasteiger partial charge >= 0.3 is 0 Å². The van der Waals surface area contributed by atoms with E-state index in [2.05, 4.69) is 40.7 Å². The summed E-state index contributed by atoms with van der Waals surface area (Å²) < 4.78 is 15.4. The predicted octanol–water partition coefficient (Wildman–Crippen LogP) is 4.70. The largest absolute Gasteiger partial charge is 0.310 e. The van der Waals surface area contributed by atoms with Crippen LogP contribution in [0.2, 0.25) is 0 Å². The third-order valence-electron chi connectivity index (χ3n) is 5.61. The first-order valence-corrected chi connectivity index (χ1v) is 11.1. The quantitative estimate of drug-likeness (QED) is 0.463. The number of hydrogen-bond donors (Lipinski definition) is 2. The summed E-state index contributed by atoms with van der Waals surface area (Å²) in [5, 5.41) is 0.524. The van der Waals surface area contributed by atoms with Crippen LogP contribution in [0, 0.1) is 16.6 Å². The molecular formula is C26H29FN4O2. The third-order valence-corrected chi connectivity index (χ3v) is 5.61. The summed E-state index contributed by atoms with van der Waals surface area (Å²) in [6.45, 7) is 10.1. The normalized spacial score (nSPS) is 12.5. The van der Waals surface area contributed by atoms with E-state index in [0.717, 1.165) is 0 Å². The molecule has 33 heavy (non-hydrogen) atoms. The summed E-state index contributed by atoms with van der Waals surface area (Å²) >= 11 is 0. The van der Waals surface area contributed by atoms with E-state index in [0.29, 0.717) is 52.9 Å². The lowest BCUT2D eigenvalue weighted by molar-refractivity contribution is 0.347. The maximum atomic E-state index is 15.4. The zero-order chi connectivity index (χ0) is 24.0. The Hall–Kier alpha value is -3.35. The molecule has 0 fully saturated rings. The van der Waals surface area contributed by atoms with Crippen molar-refractivity contribution >= 4 is 21.8 Å².